The lowest BCUT2D eigenvalue weighted by Gasteiger charge is -2.23. The third-order valence-corrected chi connectivity index (χ3v) is 4.68. The van der Waals surface area contributed by atoms with E-state index in [-0.39, 0.29) is 11.5 Å². The molecule has 2 aliphatic rings. The zero-order valence-corrected chi connectivity index (χ0v) is 12.2. The Morgan fingerprint density at radius 3 is 2.91 bits per heavy atom. The number of rotatable bonds is 1. The minimum atomic E-state index is -0.550. The molecule has 1 aromatic heterocycles. The van der Waals surface area contributed by atoms with E-state index in [1.54, 1.807) is 17.0 Å². The monoisotopic (exact) mass is 298 g/mol. The molecule has 0 saturated carbocycles. The van der Waals surface area contributed by atoms with Crippen molar-refractivity contribution in [1.29, 1.82) is 0 Å². The topological polar surface area (TPSA) is 62.6 Å². The van der Waals surface area contributed by atoms with Gasteiger partial charge < -0.3 is 14.6 Å². The van der Waals surface area contributed by atoms with E-state index in [1.165, 1.54) is 6.42 Å². The first-order valence-electron chi connectivity index (χ1n) is 7.79. The van der Waals surface area contributed by atoms with Crippen molar-refractivity contribution in [3.8, 4) is 0 Å². The number of carbonyl (C=O) groups is 1. The Kier molecular flexibility index (Phi) is 3.22. The van der Waals surface area contributed by atoms with Crippen LogP contribution in [0.4, 0.5) is 0 Å². The van der Waals surface area contributed by atoms with Gasteiger partial charge in [-0.05, 0) is 31.4 Å². The van der Waals surface area contributed by atoms with Crippen LogP contribution in [-0.4, -0.2) is 36.0 Å². The average molecular weight is 298 g/mol. The SMILES string of the molecule is O=C(c1cc2ccccc2oc1=O)N1CC[C@H]2CC[C@@H](C1)N2. The van der Waals surface area contributed by atoms with Crippen LogP contribution >= 0.6 is 0 Å². The van der Waals surface area contributed by atoms with Gasteiger partial charge >= 0.3 is 5.63 Å². The van der Waals surface area contributed by atoms with Gasteiger partial charge in [-0.2, -0.15) is 0 Å². The average Bonchev–Trinajstić information content (AvgIpc) is 2.85. The van der Waals surface area contributed by atoms with Crippen molar-refractivity contribution in [2.24, 2.45) is 0 Å². The number of nitrogens with zero attached hydrogens (tertiary/aromatic N) is 1. The number of benzene rings is 1. The van der Waals surface area contributed by atoms with E-state index < -0.39 is 5.63 Å². The summed E-state index contributed by atoms with van der Waals surface area (Å²) in [5.41, 5.74) is 0.100. The molecular weight excluding hydrogens is 280 g/mol. The number of fused-ring (bicyclic) bond motifs is 3. The highest BCUT2D eigenvalue weighted by Crippen LogP contribution is 2.22. The maximum atomic E-state index is 12.7. The molecule has 0 spiro atoms. The molecule has 2 aromatic rings. The zero-order valence-electron chi connectivity index (χ0n) is 12.2. The summed E-state index contributed by atoms with van der Waals surface area (Å²) in [7, 11) is 0. The van der Waals surface area contributed by atoms with Crippen molar-refractivity contribution in [3.63, 3.8) is 0 Å². The van der Waals surface area contributed by atoms with Gasteiger partial charge in [0, 0.05) is 30.6 Å². The molecule has 5 heteroatoms. The lowest BCUT2D eigenvalue weighted by Crippen LogP contribution is -2.40. The van der Waals surface area contributed by atoms with Crippen LogP contribution in [0.3, 0.4) is 0 Å². The molecule has 2 aliphatic heterocycles. The van der Waals surface area contributed by atoms with Gasteiger partial charge in [0.25, 0.3) is 5.91 Å². The second kappa shape index (κ2) is 5.25. The highest BCUT2D eigenvalue weighted by atomic mass is 16.4. The second-order valence-electron chi connectivity index (χ2n) is 6.16. The quantitative estimate of drug-likeness (QED) is 0.815. The summed E-state index contributed by atoms with van der Waals surface area (Å²) in [5, 5.41) is 4.32. The number of hydrogen-bond donors (Lipinski definition) is 1. The van der Waals surface area contributed by atoms with Crippen LogP contribution in [0.15, 0.2) is 39.5 Å². The van der Waals surface area contributed by atoms with Crippen molar-refractivity contribution in [2.45, 2.75) is 31.3 Å². The number of amides is 1. The molecule has 2 fully saturated rings. The summed E-state index contributed by atoms with van der Waals surface area (Å²) in [4.78, 5) is 26.7. The van der Waals surface area contributed by atoms with E-state index >= 15 is 0 Å². The van der Waals surface area contributed by atoms with Gasteiger partial charge in [0.2, 0.25) is 0 Å². The summed E-state index contributed by atoms with van der Waals surface area (Å²) in [6.07, 6.45) is 3.23. The summed E-state index contributed by atoms with van der Waals surface area (Å²) in [5.74, 6) is -0.214. The fourth-order valence-electron chi connectivity index (χ4n) is 3.51. The largest absolute Gasteiger partial charge is 0.422 e. The summed E-state index contributed by atoms with van der Waals surface area (Å²) >= 11 is 0. The van der Waals surface area contributed by atoms with E-state index in [4.69, 9.17) is 4.42 Å². The van der Waals surface area contributed by atoms with Gasteiger partial charge in [0.05, 0.1) is 0 Å². The van der Waals surface area contributed by atoms with Crippen molar-refractivity contribution in [1.82, 2.24) is 10.2 Å². The van der Waals surface area contributed by atoms with Crippen LogP contribution in [0.2, 0.25) is 0 Å². The Morgan fingerprint density at radius 2 is 2.00 bits per heavy atom. The lowest BCUT2D eigenvalue weighted by molar-refractivity contribution is 0.0744. The van der Waals surface area contributed by atoms with Crippen molar-refractivity contribution < 1.29 is 9.21 Å². The van der Waals surface area contributed by atoms with Crippen molar-refractivity contribution in [3.05, 3.63) is 46.3 Å². The number of likely N-dealkylation sites (tertiary alicyclic amines) is 1. The molecule has 114 valence electrons. The Hall–Kier alpha value is -2.14. The molecule has 0 aliphatic carbocycles. The minimum Gasteiger partial charge on any atom is -0.422 e. The van der Waals surface area contributed by atoms with Gasteiger partial charge in [-0.1, -0.05) is 18.2 Å². The van der Waals surface area contributed by atoms with E-state index in [2.05, 4.69) is 5.32 Å². The maximum Gasteiger partial charge on any atom is 0.349 e. The predicted molar refractivity (Wildman–Crippen MR) is 83.0 cm³/mol. The normalized spacial score (nSPS) is 24.5. The third-order valence-electron chi connectivity index (χ3n) is 4.68. The highest BCUT2D eigenvalue weighted by Gasteiger charge is 2.32. The standard InChI is InChI=1S/C17H18N2O3/c20-16(19-8-7-12-5-6-13(10-19)18-12)14-9-11-3-1-2-4-15(11)22-17(14)21/h1-4,9,12-13,18H,5-8,10H2/t12-,13+/m1/s1. The third kappa shape index (κ3) is 2.31. The number of nitrogens with one attached hydrogen (secondary N) is 1. The van der Waals surface area contributed by atoms with Crippen LogP contribution in [0.1, 0.15) is 29.6 Å². The van der Waals surface area contributed by atoms with E-state index in [1.807, 2.05) is 18.2 Å². The lowest BCUT2D eigenvalue weighted by atomic mass is 10.1. The molecule has 2 bridgehead atoms. The number of hydrogen-bond acceptors (Lipinski definition) is 4. The van der Waals surface area contributed by atoms with Crippen LogP contribution in [0, 0.1) is 0 Å². The predicted octanol–water partition coefficient (Wildman–Crippen LogP) is 1.76. The second-order valence-corrected chi connectivity index (χ2v) is 6.16. The highest BCUT2D eigenvalue weighted by molar-refractivity contribution is 5.96. The summed E-state index contributed by atoms with van der Waals surface area (Å²) in [6.45, 7) is 1.36. The van der Waals surface area contributed by atoms with Crippen LogP contribution < -0.4 is 10.9 Å². The Morgan fingerprint density at radius 1 is 1.18 bits per heavy atom. The molecule has 0 radical (unpaired) electrons. The summed E-state index contributed by atoms with van der Waals surface area (Å²) < 4.78 is 5.28. The van der Waals surface area contributed by atoms with Gasteiger partial charge in [-0.3, -0.25) is 4.79 Å². The fraction of sp³-hybridized carbons (Fsp3) is 0.412. The fourth-order valence-corrected chi connectivity index (χ4v) is 3.51. The van der Waals surface area contributed by atoms with Crippen molar-refractivity contribution in [2.75, 3.05) is 13.1 Å². The Balaban J connectivity index is 1.67. The Bertz CT molecular complexity index is 783. The molecule has 0 unspecified atom stereocenters. The molecule has 1 aromatic carbocycles. The van der Waals surface area contributed by atoms with Crippen molar-refractivity contribution >= 4 is 16.9 Å². The molecule has 22 heavy (non-hydrogen) atoms. The van der Waals surface area contributed by atoms with Gasteiger partial charge in [0.1, 0.15) is 11.1 Å². The molecule has 2 saturated heterocycles. The zero-order chi connectivity index (χ0) is 15.1. The summed E-state index contributed by atoms with van der Waals surface area (Å²) in [6, 6.07) is 9.77. The number of para-hydroxylation sites is 1. The van der Waals surface area contributed by atoms with Crippen LogP contribution in [0.5, 0.6) is 0 Å². The van der Waals surface area contributed by atoms with Gasteiger partial charge in [0.15, 0.2) is 0 Å². The molecule has 5 nitrogen and oxygen atoms in total. The molecule has 1 N–H and O–H groups in total. The molecule has 1 amide bonds. The first-order chi connectivity index (χ1) is 10.7. The molecule has 4 rings (SSSR count). The van der Waals surface area contributed by atoms with Crippen LogP contribution in [-0.2, 0) is 0 Å². The molecular formula is C17H18N2O3. The molecule has 3 heterocycles. The first kappa shape index (κ1) is 13.5. The van der Waals surface area contributed by atoms with E-state index in [0.717, 1.165) is 18.2 Å². The van der Waals surface area contributed by atoms with Gasteiger partial charge in [-0.25, -0.2) is 4.79 Å². The van der Waals surface area contributed by atoms with Crippen LogP contribution in [0.25, 0.3) is 11.0 Å². The van der Waals surface area contributed by atoms with Gasteiger partial charge in [-0.15, -0.1) is 0 Å². The number of carbonyl (C=O) groups excluding carboxylic acids is 1. The minimum absolute atomic E-state index is 0.136. The van der Waals surface area contributed by atoms with E-state index in [9.17, 15) is 9.59 Å². The smallest absolute Gasteiger partial charge is 0.349 e. The molecule has 2 atom stereocenters. The maximum absolute atomic E-state index is 12.7. The first-order valence-corrected chi connectivity index (χ1v) is 7.79. The Labute approximate surface area is 127 Å². The van der Waals surface area contributed by atoms with E-state index in [0.29, 0.717) is 30.8 Å².